The summed E-state index contributed by atoms with van der Waals surface area (Å²) < 4.78 is 74.0. The summed E-state index contributed by atoms with van der Waals surface area (Å²) in [5.74, 6) is 0.876. The summed E-state index contributed by atoms with van der Waals surface area (Å²) in [4.78, 5) is 12.5. The molecule has 0 fully saturated rings. The van der Waals surface area contributed by atoms with Gasteiger partial charge in [0.15, 0.2) is 11.4 Å². The van der Waals surface area contributed by atoms with Crippen molar-refractivity contribution in [3.05, 3.63) is 41.2 Å². The molecule has 3 rings (SSSR count). The Bertz CT molecular complexity index is 1230. The number of nitrogens with one attached hydrogen (secondary N) is 2. The summed E-state index contributed by atoms with van der Waals surface area (Å²) in [6.07, 6.45) is 1.77. The lowest BCUT2D eigenvalue weighted by molar-refractivity contribution is -0.138. The Labute approximate surface area is 182 Å². The number of alkyl halides is 3. The molecule has 1 amide bonds. The van der Waals surface area contributed by atoms with Crippen LogP contribution < -0.4 is 14.8 Å². The molecule has 172 valence electrons. The molecular weight excluding hydrogens is 451 g/mol. The van der Waals surface area contributed by atoms with Gasteiger partial charge in [-0.05, 0) is 31.5 Å². The van der Waals surface area contributed by atoms with Crippen LogP contribution in [0.1, 0.15) is 28.5 Å². The summed E-state index contributed by atoms with van der Waals surface area (Å²) in [5.41, 5.74) is -3.18. The van der Waals surface area contributed by atoms with Gasteiger partial charge in [-0.3, -0.25) is 4.79 Å². The largest absolute Gasteiger partial charge is 0.488 e. The molecule has 0 spiro atoms. The molecule has 0 aliphatic carbocycles. The molecule has 0 saturated heterocycles. The third-order valence-corrected chi connectivity index (χ3v) is 6.54. The Morgan fingerprint density at radius 1 is 1.41 bits per heavy atom. The van der Waals surface area contributed by atoms with Crippen molar-refractivity contribution in [2.75, 3.05) is 11.9 Å². The van der Waals surface area contributed by atoms with Gasteiger partial charge in [0.1, 0.15) is 17.1 Å². The molecule has 0 radical (unpaired) electrons. The van der Waals surface area contributed by atoms with E-state index in [9.17, 15) is 31.5 Å². The van der Waals surface area contributed by atoms with Gasteiger partial charge in [0.2, 0.25) is 10.0 Å². The quantitative estimate of drug-likeness (QED) is 0.594. The third kappa shape index (κ3) is 4.32. The SMILES string of the molecule is C#C[C@@](C)(O)[C@H]1COc2c(cn(C)c2C(=O)Nc2ccc(C)c(C(F)(F)F)c2)S(=O)(=O)N1. The van der Waals surface area contributed by atoms with Gasteiger partial charge >= 0.3 is 6.18 Å². The number of halogens is 3. The molecule has 1 aromatic heterocycles. The van der Waals surface area contributed by atoms with E-state index < -0.39 is 45.9 Å². The smallest absolute Gasteiger partial charge is 0.416 e. The maximum absolute atomic E-state index is 13.2. The highest BCUT2D eigenvalue weighted by Crippen LogP contribution is 2.35. The highest BCUT2D eigenvalue weighted by molar-refractivity contribution is 7.89. The molecule has 1 aromatic carbocycles. The van der Waals surface area contributed by atoms with E-state index in [0.717, 1.165) is 12.3 Å². The van der Waals surface area contributed by atoms with Crippen LogP contribution in [0.5, 0.6) is 5.75 Å². The number of hydrogen-bond acceptors (Lipinski definition) is 5. The van der Waals surface area contributed by atoms with E-state index in [4.69, 9.17) is 11.2 Å². The molecular formula is C20H20F3N3O5S. The van der Waals surface area contributed by atoms with Crippen molar-refractivity contribution in [3.63, 3.8) is 0 Å². The average Bonchev–Trinajstić information content (AvgIpc) is 2.96. The van der Waals surface area contributed by atoms with E-state index >= 15 is 0 Å². The predicted octanol–water partition coefficient (Wildman–Crippen LogP) is 2.03. The van der Waals surface area contributed by atoms with Gasteiger partial charge in [0.05, 0.1) is 11.6 Å². The van der Waals surface area contributed by atoms with Crippen molar-refractivity contribution < 1.29 is 36.2 Å². The Kier molecular flexibility index (Phi) is 5.80. The van der Waals surface area contributed by atoms with Gasteiger partial charge in [-0.15, -0.1) is 6.42 Å². The van der Waals surface area contributed by atoms with Crippen LogP contribution in [0.3, 0.4) is 0 Å². The van der Waals surface area contributed by atoms with Crippen LogP contribution in [-0.2, 0) is 23.2 Å². The molecule has 3 N–H and O–H groups in total. The maximum Gasteiger partial charge on any atom is 0.416 e. The number of anilines is 1. The fourth-order valence-corrected chi connectivity index (χ4v) is 4.69. The van der Waals surface area contributed by atoms with Crippen LogP contribution >= 0.6 is 0 Å². The minimum atomic E-state index is -4.61. The topological polar surface area (TPSA) is 110 Å². The Hall–Kier alpha value is -3.01. The first kappa shape index (κ1) is 23.6. The second kappa shape index (κ2) is 7.84. The molecule has 1 aliphatic heterocycles. The van der Waals surface area contributed by atoms with Crippen molar-refractivity contribution in [1.82, 2.24) is 9.29 Å². The molecule has 32 heavy (non-hydrogen) atoms. The summed E-state index contributed by atoms with van der Waals surface area (Å²) in [6.45, 7) is 2.12. The van der Waals surface area contributed by atoms with Crippen LogP contribution in [-0.4, -0.2) is 42.2 Å². The minimum Gasteiger partial charge on any atom is -0.488 e. The number of aliphatic hydroxyl groups is 1. The van der Waals surface area contributed by atoms with E-state index in [1.165, 1.54) is 37.6 Å². The molecule has 1 aliphatic rings. The van der Waals surface area contributed by atoms with Crippen LogP contribution in [0.2, 0.25) is 0 Å². The number of aromatic nitrogens is 1. The fraction of sp³-hybridized carbons (Fsp3) is 0.350. The standard InChI is InChI=1S/C20H20F3N3O5S/c1-5-19(3,28)15-10-31-17-14(32(29,30)25-15)9-26(4)16(17)18(27)24-12-7-6-11(2)13(8-12)20(21,22)23/h1,6-9,15,25,28H,10H2,2-4H3,(H,24,27)/t15-,19-/m1/s1. The van der Waals surface area contributed by atoms with Crippen LogP contribution in [0.25, 0.3) is 0 Å². The van der Waals surface area contributed by atoms with Crippen molar-refractivity contribution in [3.8, 4) is 18.1 Å². The summed E-state index contributed by atoms with van der Waals surface area (Å²) >= 11 is 0. The van der Waals surface area contributed by atoms with Gasteiger partial charge in [-0.1, -0.05) is 12.0 Å². The summed E-state index contributed by atoms with van der Waals surface area (Å²) in [6, 6.07) is 2.08. The van der Waals surface area contributed by atoms with Crippen molar-refractivity contribution in [2.24, 2.45) is 7.05 Å². The number of benzene rings is 1. The highest BCUT2D eigenvalue weighted by Gasteiger charge is 2.41. The molecule has 0 unspecified atom stereocenters. The number of carbonyl (C=O) groups is 1. The molecule has 12 heteroatoms. The predicted molar refractivity (Wildman–Crippen MR) is 109 cm³/mol. The third-order valence-electron chi connectivity index (χ3n) is 5.07. The number of carbonyl (C=O) groups excluding carboxylic acids is 1. The molecule has 8 nitrogen and oxygen atoms in total. The number of ether oxygens (including phenoxy) is 1. The second-order valence-corrected chi connectivity index (χ2v) is 9.22. The number of hydrogen-bond donors (Lipinski definition) is 3. The van der Waals surface area contributed by atoms with Crippen LogP contribution in [0.4, 0.5) is 18.9 Å². The molecule has 2 atom stereocenters. The second-order valence-electron chi connectivity index (χ2n) is 7.54. The molecule has 2 heterocycles. The van der Waals surface area contributed by atoms with Gasteiger partial charge in [-0.2, -0.15) is 13.2 Å². The number of sulfonamides is 1. The lowest BCUT2D eigenvalue weighted by Gasteiger charge is -2.26. The van der Waals surface area contributed by atoms with E-state index in [2.05, 4.69) is 16.0 Å². The Morgan fingerprint density at radius 2 is 2.06 bits per heavy atom. The van der Waals surface area contributed by atoms with Crippen molar-refractivity contribution >= 4 is 21.6 Å². The van der Waals surface area contributed by atoms with Crippen LogP contribution in [0, 0.1) is 19.3 Å². The minimum absolute atomic E-state index is 0.0182. The molecule has 0 bridgehead atoms. The van der Waals surface area contributed by atoms with Gasteiger partial charge in [-0.25, -0.2) is 13.1 Å². The van der Waals surface area contributed by atoms with Gasteiger partial charge in [0.25, 0.3) is 5.91 Å². The fourth-order valence-electron chi connectivity index (χ4n) is 3.19. The number of rotatable bonds is 3. The Morgan fingerprint density at radius 3 is 2.66 bits per heavy atom. The summed E-state index contributed by atoms with van der Waals surface area (Å²) in [5, 5.41) is 12.6. The zero-order valence-corrected chi connectivity index (χ0v) is 18.1. The number of terminal acetylenes is 1. The number of nitrogens with zero attached hydrogens (tertiary/aromatic N) is 1. The number of aryl methyl sites for hydroxylation is 2. The van der Waals surface area contributed by atoms with Crippen molar-refractivity contribution in [2.45, 2.75) is 36.6 Å². The lowest BCUT2D eigenvalue weighted by atomic mass is 9.99. The first-order chi connectivity index (χ1) is 14.7. The van der Waals surface area contributed by atoms with Gasteiger partial charge in [0, 0.05) is 18.9 Å². The van der Waals surface area contributed by atoms with Crippen LogP contribution in [0.15, 0.2) is 29.3 Å². The van der Waals surface area contributed by atoms with E-state index in [-0.39, 0.29) is 27.6 Å². The highest BCUT2D eigenvalue weighted by atomic mass is 32.2. The first-order valence-corrected chi connectivity index (χ1v) is 10.7. The monoisotopic (exact) mass is 471 g/mol. The lowest BCUT2D eigenvalue weighted by Crippen LogP contribution is -2.52. The Balaban J connectivity index is 1.99. The average molecular weight is 471 g/mol. The zero-order valence-electron chi connectivity index (χ0n) is 17.2. The zero-order chi connectivity index (χ0) is 24.1. The normalized spacial score (nSPS) is 19.6. The number of fused-ring (bicyclic) bond motifs is 1. The molecule has 2 aromatic rings. The van der Waals surface area contributed by atoms with Gasteiger partial charge < -0.3 is 19.7 Å². The van der Waals surface area contributed by atoms with E-state index in [1.807, 2.05) is 0 Å². The summed E-state index contributed by atoms with van der Waals surface area (Å²) in [7, 11) is -2.86. The number of amides is 1. The van der Waals surface area contributed by atoms with E-state index in [1.54, 1.807) is 0 Å². The first-order valence-electron chi connectivity index (χ1n) is 9.21. The van der Waals surface area contributed by atoms with E-state index in [0.29, 0.717) is 0 Å². The molecule has 0 saturated carbocycles. The van der Waals surface area contributed by atoms with Crippen molar-refractivity contribution in [1.29, 1.82) is 0 Å². The maximum atomic E-state index is 13.2.